The number of benzene rings is 2. The van der Waals surface area contributed by atoms with Crippen LogP contribution in [0.5, 0.6) is 0 Å². The van der Waals surface area contributed by atoms with E-state index in [1.807, 2.05) is 23.1 Å². The molecule has 2 aromatic rings. The molecule has 3 rings (SSSR count). The summed E-state index contributed by atoms with van der Waals surface area (Å²) in [4.78, 5) is 3.06. The fraction of sp³-hybridized carbons (Fsp3) is 0.200. The van der Waals surface area contributed by atoms with Crippen molar-refractivity contribution in [1.29, 1.82) is 0 Å². The molecule has 1 aliphatic heterocycles. The van der Waals surface area contributed by atoms with Gasteiger partial charge in [0, 0.05) is 35.0 Å². The summed E-state index contributed by atoms with van der Waals surface area (Å²) in [5, 5.41) is 0. The molecule has 0 saturated carbocycles. The first-order chi connectivity index (χ1) is 10.1. The molecule has 0 radical (unpaired) electrons. The molecule has 110 valence electrons. The van der Waals surface area contributed by atoms with Gasteiger partial charge >= 0.3 is 0 Å². The Hall–Kier alpha value is -1.27. The van der Waals surface area contributed by atoms with Gasteiger partial charge in [0.05, 0.1) is 10.2 Å². The van der Waals surface area contributed by atoms with Crippen LogP contribution in [0.1, 0.15) is 5.56 Å². The number of halogens is 3. The van der Waals surface area contributed by atoms with Gasteiger partial charge in [-0.2, -0.15) is 0 Å². The highest BCUT2D eigenvalue weighted by Crippen LogP contribution is 2.37. The molecule has 0 aromatic heterocycles. The maximum Gasteiger partial charge on any atom is 0.145 e. The lowest BCUT2D eigenvalue weighted by molar-refractivity contribution is 0.546. The molecule has 0 amide bonds. The molecule has 2 N–H and O–H groups in total. The molecule has 2 nitrogen and oxygen atoms in total. The van der Waals surface area contributed by atoms with E-state index >= 15 is 0 Å². The monoisotopic (exact) mass is 370 g/mol. The lowest BCUT2D eigenvalue weighted by Crippen LogP contribution is -2.29. The minimum absolute atomic E-state index is 0.0737. The van der Waals surface area contributed by atoms with Crippen LogP contribution in [0.3, 0.4) is 0 Å². The smallest absolute Gasteiger partial charge is 0.145 e. The quantitative estimate of drug-likeness (QED) is 0.626. The van der Waals surface area contributed by atoms with E-state index in [0.717, 1.165) is 22.9 Å². The molecule has 1 aliphatic rings. The first kappa shape index (κ1) is 14.7. The third kappa shape index (κ3) is 2.87. The van der Waals surface area contributed by atoms with E-state index in [1.165, 1.54) is 12.1 Å². The summed E-state index contributed by atoms with van der Waals surface area (Å²) >= 11 is 4.83. The van der Waals surface area contributed by atoms with Gasteiger partial charge in [-0.3, -0.25) is 0 Å². The highest BCUT2D eigenvalue weighted by molar-refractivity contribution is 9.10. The largest absolute Gasteiger partial charge is 0.399 e. The van der Waals surface area contributed by atoms with E-state index in [9.17, 15) is 8.78 Å². The zero-order chi connectivity index (χ0) is 15.0. The van der Waals surface area contributed by atoms with Crippen LogP contribution in [-0.2, 0) is 6.54 Å². The van der Waals surface area contributed by atoms with Gasteiger partial charge in [0.2, 0.25) is 0 Å². The second kappa shape index (κ2) is 5.85. The summed E-state index contributed by atoms with van der Waals surface area (Å²) in [6.07, 6.45) is 0. The van der Waals surface area contributed by atoms with Gasteiger partial charge < -0.3 is 10.6 Å². The molecular weight excluding hydrogens is 358 g/mol. The fourth-order valence-electron chi connectivity index (χ4n) is 2.36. The normalized spacial score (nSPS) is 14.1. The molecule has 0 bridgehead atoms. The SMILES string of the molecule is Nc1ccc2c(c1)N(Cc1c(F)ccc(Br)c1F)CCS2. The summed E-state index contributed by atoms with van der Waals surface area (Å²) < 4.78 is 28.3. The highest BCUT2D eigenvalue weighted by Gasteiger charge is 2.21. The molecule has 0 saturated heterocycles. The van der Waals surface area contributed by atoms with Crippen molar-refractivity contribution in [2.24, 2.45) is 0 Å². The maximum absolute atomic E-state index is 14.1. The van der Waals surface area contributed by atoms with Crippen molar-refractivity contribution in [3.05, 3.63) is 52.0 Å². The van der Waals surface area contributed by atoms with Crippen LogP contribution in [0.25, 0.3) is 0 Å². The van der Waals surface area contributed by atoms with Crippen molar-refractivity contribution in [1.82, 2.24) is 0 Å². The molecule has 2 aromatic carbocycles. The maximum atomic E-state index is 14.1. The number of rotatable bonds is 2. The predicted molar refractivity (Wildman–Crippen MR) is 86.7 cm³/mol. The van der Waals surface area contributed by atoms with Crippen LogP contribution in [0.4, 0.5) is 20.2 Å². The Morgan fingerprint density at radius 3 is 2.86 bits per heavy atom. The third-order valence-electron chi connectivity index (χ3n) is 3.43. The van der Waals surface area contributed by atoms with Crippen molar-refractivity contribution in [2.45, 2.75) is 11.4 Å². The Balaban J connectivity index is 1.98. The summed E-state index contributed by atoms with van der Waals surface area (Å²) in [5.41, 5.74) is 7.49. The van der Waals surface area contributed by atoms with E-state index in [1.54, 1.807) is 11.8 Å². The number of hydrogen-bond donors (Lipinski definition) is 1. The lowest BCUT2D eigenvalue weighted by atomic mass is 10.1. The zero-order valence-corrected chi connectivity index (χ0v) is 13.5. The Bertz CT molecular complexity index is 694. The van der Waals surface area contributed by atoms with Crippen LogP contribution in [0, 0.1) is 11.6 Å². The molecule has 21 heavy (non-hydrogen) atoms. The molecule has 0 fully saturated rings. The molecule has 6 heteroatoms. The Morgan fingerprint density at radius 1 is 1.24 bits per heavy atom. The van der Waals surface area contributed by atoms with Gasteiger partial charge in [0.25, 0.3) is 0 Å². The Kier molecular flexibility index (Phi) is 4.08. The second-order valence-electron chi connectivity index (χ2n) is 4.82. The summed E-state index contributed by atoms with van der Waals surface area (Å²) in [6.45, 7) is 0.917. The van der Waals surface area contributed by atoms with Crippen LogP contribution < -0.4 is 10.6 Å². The van der Waals surface area contributed by atoms with E-state index in [2.05, 4.69) is 15.9 Å². The zero-order valence-electron chi connectivity index (χ0n) is 11.1. The minimum Gasteiger partial charge on any atom is -0.399 e. The average molecular weight is 371 g/mol. The van der Waals surface area contributed by atoms with Gasteiger partial charge in [-0.05, 0) is 46.3 Å². The number of nitrogen functional groups attached to an aromatic ring is 1. The van der Waals surface area contributed by atoms with E-state index in [0.29, 0.717) is 5.69 Å². The number of nitrogens with two attached hydrogens (primary N) is 1. The average Bonchev–Trinajstić information content (AvgIpc) is 2.48. The number of anilines is 2. The Labute approximate surface area is 134 Å². The molecule has 0 atom stereocenters. The van der Waals surface area contributed by atoms with Gasteiger partial charge in [0.15, 0.2) is 0 Å². The summed E-state index contributed by atoms with van der Waals surface area (Å²) in [6, 6.07) is 8.31. The van der Waals surface area contributed by atoms with Crippen LogP contribution in [0.2, 0.25) is 0 Å². The summed E-state index contributed by atoms with van der Waals surface area (Å²) in [5.74, 6) is -0.188. The number of hydrogen-bond acceptors (Lipinski definition) is 3. The van der Waals surface area contributed by atoms with Crippen LogP contribution in [-0.4, -0.2) is 12.3 Å². The van der Waals surface area contributed by atoms with Crippen molar-refractivity contribution in [3.63, 3.8) is 0 Å². The van der Waals surface area contributed by atoms with Gasteiger partial charge in [-0.1, -0.05) is 0 Å². The van der Waals surface area contributed by atoms with E-state index < -0.39 is 11.6 Å². The minimum atomic E-state index is -0.543. The van der Waals surface area contributed by atoms with Gasteiger partial charge in [0.1, 0.15) is 11.6 Å². The molecular formula is C15H13BrF2N2S. The fourth-order valence-corrected chi connectivity index (χ4v) is 3.76. The first-order valence-corrected chi connectivity index (χ1v) is 8.24. The molecule has 0 aliphatic carbocycles. The van der Waals surface area contributed by atoms with Crippen molar-refractivity contribution >= 4 is 39.1 Å². The Morgan fingerprint density at radius 2 is 2.05 bits per heavy atom. The molecule has 0 unspecified atom stereocenters. The second-order valence-corrected chi connectivity index (χ2v) is 6.81. The lowest BCUT2D eigenvalue weighted by Gasteiger charge is -2.31. The molecule has 0 spiro atoms. The predicted octanol–water partition coefficient (Wildman–Crippen LogP) is 4.42. The van der Waals surface area contributed by atoms with E-state index in [4.69, 9.17) is 5.73 Å². The van der Waals surface area contributed by atoms with Gasteiger partial charge in [-0.15, -0.1) is 11.8 Å². The van der Waals surface area contributed by atoms with E-state index in [-0.39, 0.29) is 16.6 Å². The van der Waals surface area contributed by atoms with Crippen LogP contribution >= 0.6 is 27.7 Å². The number of thioether (sulfide) groups is 1. The number of nitrogens with zero attached hydrogens (tertiary/aromatic N) is 1. The first-order valence-electron chi connectivity index (χ1n) is 6.46. The van der Waals surface area contributed by atoms with Gasteiger partial charge in [-0.25, -0.2) is 8.78 Å². The van der Waals surface area contributed by atoms with Crippen LogP contribution in [0.15, 0.2) is 39.7 Å². The topological polar surface area (TPSA) is 29.3 Å². The third-order valence-corrected chi connectivity index (χ3v) is 5.09. The van der Waals surface area contributed by atoms with Crippen molar-refractivity contribution in [2.75, 3.05) is 22.9 Å². The number of fused-ring (bicyclic) bond motifs is 1. The standard InChI is InChI=1S/C15H13BrF2N2S/c16-11-2-3-12(17)10(15(11)18)8-20-5-6-21-14-4-1-9(19)7-13(14)20/h1-4,7H,5-6,8,19H2. The van der Waals surface area contributed by atoms with Crippen molar-refractivity contribution in [3.8, 4) is 0 Å². The molecule has 1 heterocycles. The van der Waals surface area contributed by atoms with Crippen molar-refractivity contribution < 1.29 is 8.78 Å². The summed E-state index contributed by atoms with van der Waals surface area (Å²) in [7, 11) is 0. The highest BCUT2D eigenvalue weighted by atomic mass is 79.9.